The molecule has 0 unspecified atom stereocenters. The molecule has 0 atom stereocenters. The van der Waals surface area contributed by atoms with Crippen molar-refractivity contribution in [1.29, 1.82) is 0 Å². The van der Waals surface area contributed by atoms with Gasteiger partial charge in [-0.25, -0.2) is 9.78 Å². The van der Waals surface area contributed by atoms with E-state index in [4.69, 9.17) is 5.11 Å². The Hall–Kier alpha value is -1.17. The second-order valence-electron chi connectivity index (χ2n) is 2.54. The SMILES string of the molecule is CC(C)c1nsc(NC(=O)O)n1. The molecule has 0 saturated carbocycles. The van der Waals surface area contributed by atoms with Gasteiger partial charge < -0.3 is 5.11 Å². The van der Waals surface area contributed by atoms with E-state index < -0.39 is 6.09 Å². The lowest BCUT2D eigenvalue weighted by Gasteiger charge is -1.94. The molecule has 66 valence electrons. The van der Waals surface area contributed by atoms with Gasteiger partial charge in [-0.3, -0.25) is 5.32 Å². The summed E-state index contributed by atoms with van der Waals surface area (Å²) in [5.74, 6) is 0.898. The summed E-state index contributed by atoms with van der Waals surface area (Å²) in [5, 5.41) is 10.8. The molecule has 0 fully saturated rings. The fourth-order valence-electron chi connectivity index (χ4n) is 0.612. The zero-order valence-electron chi connectivity index (χ0n) is 6.74. The van der Waals surface area contributed by atoms with Crippen LogP contribution in [0.1, 0.15) is 25.6 Å². The zero-order chi connectivity index (χ0) is 9.14. The molecule has 1 rings (SSSR count). The molecule has 0 radical (unpaired) electrons. The van der Waals surface area contributed by atoms with Gasteiger partial charge >= 0.3 is 6.09 Å². The van der Waals surface area contributed by atoms with E-state index in [1.807, 2.05) is 13.8 Å². The van der Waals surface area contributed by atoms with Gasteiger partial charge in [0.2, 0.25) is 5.13 Å². The van der Waals surface area contributed by atoms with E-state index in [9.17, 15) is 4.79 Å². The van der Waals surface area contributed by atoms with Crippen LogP contribution in [0.25, 0.3) is 0 Å². The summed E-state index contributed by atoms with van der Waals surface area (Å²) in [4.78, 5) is 14.1. The smallest absolute Gasteiger partial charge is 0.411 e. The minimum absolute atomic E-state index is 0.227. The number of amides is 1. The van der Waals surface area contributed by atoms with Crippen molar-refractivity contribution in [2.45, 2.75) is 19.8 Å². The van der Waals surface area contributed by atoms with E-state index in [2.05, 4.69) is 14.7 Å². The summed E-state index contributed by atoms with van der Waals surface area (Å²) in [6.45, 7) is 3.90. The molecule has 0 aliphatic carbocycles. The summed E-state index contributed by atoms with van der Waals surface area (Å²) in [6.07, 6.45) is -1.11. The highest BCUT2D eigenvalue weighted by atomic mass is 32.1. The highest BCUT2D eigenvalue weighted by molar-refractivity contribution is 7.09. The third-order valence-electron chi connectivity index (χ3n) is 1.17. The number of carboxylic acid groups (broad SMARTS) is 1. The van der Waals surface area contributed by atoms with Crippen molar-refractivity contribution in [3.8, 4) is 0 Å². The molecule has 0 spiro atoms. The van der Waals surface area contributed by atoms with Crippen LogP contribution in [0, 0.1) is 0 Å². The van der Waals surface area contributed by atoms with E-state index in [1.165, 1.54) is 0 Å². The van der Waals surface area contributed by atoms with Gasteiger partial charge in [-0.1, -0.05) is 13.8 Å². The van der Waals surface area contributed by atoms with Crippen LogP contribution in [-0.4, -0.2) is 20.6 Å². The van der Waals surface area contributed by atoms with Crippen molar-refractivity contribution in [2.75, 3.05) is 5.32 Å². The Morgan fingerprint density at radius 3 is 2.75 bits per heavy atom. The molecule has 0 bridgehead atoms. The van der Waals surface area contributed by atoms with Crippen LogP contribution in [0.3, 0.4) is 0 Å². The molecule has 1 aromatic heterocycles. The van der Waals surface area contributed by atoms with Crippen molar-refractivity contribution < 1.29 is 9.90 Å². The lowest BCUT2D eigenvalue weighted by Crippen LogP contribution is -2.06. The molecule has 0 saturated heterocycles. The Labute approximate surface area is 73.6 Å². The van der Waals surface area contributed by atoms with E-state index in [-0.39, 0.29) is 5.92 Å². The molecule has 12 heavy (non-hydrogen) atoms. The first kappa shape index (κ1) is 8.92. The van der Waals surface area contributed by atoms with Crippen LogP contribution in [0.4, 0.5) is 9.93 Å². The number of carbonyl (C=O) groups is 1. The van der Waals surface area contributed by atoms with Crippen molar-refractivity contribution in [3.05, 3.63) is 5.82 Å². The van der Waals surface area contributed by atoms with Gasteiger partial charge in [-0.15, -0.1) is 0 Å². The van der Waals surface area contributed by atoms with Gasteiger partial charge in [0, 0.05) is 17.5 Å². The normalized spacial score (nSPS) is 10.2. The predicted molar refractivity (Wildman–Crippen MR) is 45.6 cm³/mol. The second-order valence-corrected chi connectivity index (χ2v) is 3.29. The highest BCUT2D eigenvalue weighted by Crippen LogP contribution is 2.16. The number of rotatable bonds is 2. The maximum absolute atomic E-state index is 10.2. The first-order valence-corrected chi connectivity index (χ1v) is 4.20. The number of anilines is 1. The number of hydrogen-bond acceptors (Lipinski definition) is 4. The zero-order valence-corrected chi connectivity index (χ0v) is 7.55. The molecule has 0 aromatic carbocycles. The Balaban J connectivity index is 2.70. The number of aromatic nitrogens is 2. The van der Waals surface area contributed by atoms with E-state index in [1.54, 1.807) is 0 Å². The molecular weight excluding hydrogens is 178 g/mol. The fraction of sp³-hybridized carbons (Fsp3) is 0.500. The minimum Gasteiger partial charge on any atom is -0.465 e. The molecule has 6 heteroatoms. The maximum Gasteiger partial charge on any atom is 0.411 e. The number of hydrogen-bond donors (Lipinski definition) is 2. The van der Waals surface area contributed by atoms with Crippen LogP contribution in [0.5, 0.6) is 0 Å². The topological polar surface area (TPSA) is 75.1 Å². The number of nitrogens with one attached hydrogen (secondary N) is 1. The van der Waals surface area contributed by atoms with Gasteiger partial charge in [0.05, 0.1) is 0 Å². The Morgan fingerprint density at radius 1 is 1.67 bits per heavy atom. The van der Waals surface area contributed by atoms with E-state index in [0.29, 0.717) is 11.0 Å². The largest absolute Gasteiger partial charge is 0.465 e. The lowest BCUT2D eigenvalue weighted by molar-refractivity contribution is 0.209. The van der Waals surface area contributed by atoms with Crippen LogP contribution < -0.4 is 5.32 Å². The van der Waals surface area contributed by atoms with Gasteiger partial charge in [0.25, 0.3) is 0 Å². The van der Waals surface area contributed by atoms with Crippen LogP contribution >= 0.6 is 11.5 Å². The quantitative estimate of drug-likeness (QED) is 0.739. The molecular formula is C6H9N3O2S. The first-order valence-electron chi connectivity index (χ1n) is 3.43. The third kappa shape index (κ3) is 2.16. The summed E-state index contributed by atoms with van der Waals surface area (Å²) >= 11 is 1.05. The molecule has 2 N–H and O–H groups in total. The van der Waals surface area contributed by atoms with Crippen LogP contribution in [0.2, 0.25) is 0 Å². The maximum atomic E-state index is 10.2. The first-order chi connectivity index (χ1) is 5.59. The van der Waals surface area contributed by atoms with E-state index in [0.717, 1.165) is 11.5 Å². The highest BCUT2D eigenvalue weighted by Gasteiger charge is 2.08. The third-order valence-corrected chi connectivity index (χ3v) is 1.82. The summed E-state index contributed by atoms with van der Waals surface area (Å²) in [5.41, 5.74) is 0. The van der Waals surface area contributed by atoms with Crippen molar-refractivity contribution in [3.63, 3.8) is 0 Å². The summed E-state index contributed by atoms with van der Waals surface area (Å²) in [7, 11) is 0. The van der Waals surface area contributed by atoms with Gasteiger partial charge in [0.15, 0.2) is 0 Å². The Bertz CT molecular complexity index is 284. The summed E-state index contributed by atoms with van der Waals surface area (Å²) < 4.78 is 3.97. The fourth-order valence-corrected chi connectivity index (χ4v) is 1.31. The van der Waals surface area contributed by atoms with Crippen LogP contribution in [-0.2, 0) is 0 Å². The molecule has 5 nitrogen and oxygen atoms in total. The van der Waals surface area contributed by atoms with Crippen LogP contribution in [0.15, 0.2) is 0 Å². The number of nitrogens with zero attached hydrogens (tertiary/aromatic N) is 2. The average molecular weight is 187 g/mol. The molecule has 1 aromatic rings. The Morgan fingerprint density at radius 2 is 2.33 bits per heavy atom. The van der Waals surface area contributed by atoms with Gasteiger partial charge in [-0.05, 0) is 0 Å². The van der Waals surface area contributed by atoms with Crippen molar-refractivity contribution in [1.82, 2.24) is 9.36 Å². The standard InChI is InChI=1S/C6H9N3O2S/c1-3(2)4-7-5(12-9-4)8-6(10)11/h3H,1-2H3,(H,10,11)(H,7,8,9). The van der Waals surface area contributed by atoms with Gasteiger partial charge in [0.1, 0.15) is 5.82 Å². The lowest BCUT2D eigenvalue weighted by atomic mass is 10.2. The molecule has 1 heterocycles. The second kappa shape index (κ2) is 3.48. The van der Waals surface area contributed by atoms with Crippen molar-refractivity contribution >= 4 is 22.8 Å². The predicted octanol–water partition coefficient (Wildman–Crippen LogP) is 1.75. The molecule has 0 aliphatic rings. The van der Waals surface area contributed by atoms with Gasteiger partial charge in [-0.2, -0.15) is 4.37 Å². The van der Waals surface area contributed by atoms with Crippen molar-refractivity contribution in [2.24, 2.45) is 0 Å². The minimum atomic E-state index is -1.11. The molecule has 0 aliphatic heterocycles. The van der Waals surface area contributed by atoms with E-state index >= 15 is 0 Å². The summed E-state index contributed by atoms with van der Waals surface area (Å²) in [6, 6.07) is 0. The average Bonchev–Trinajstić information content (AvgIpc) is 2.34. The monoisotopic (exact) mass is 187 g/mol. The Kier molecular flexibility index (Phi) is 2.59. The molecule has 1 amide bonds.